The number of aliphatic hydroxyl groups excluding tert-OH is 1. The molecule has 9 heteroatoms. The molecule has 0 saturated heterocycles. The Morgan fingerprint density at radius 1 is 0.507 bits per heavy atom. The van der Waals surface area contributed by atoms with E-state index in [2.05, 4.69) is 79.9 Å². The average molecular weight is 1020 g/mol. The second-order valence-corrected chi connectivity index (χ2v) is 22.7. The number of aliphatic hydroxyl groups is 1. The zero-order chi connectivity index (χ0) is 52.0. The van der Waals surface area contributed by atoms with Gasteiger partial charge in [0.05, 0.1) is 39.9 Å². The van der Waals surface area contributed by atoms with Gasteiger partial charge in [0.25, 0.3) is 7.82 Å². The molecule has 0 aliphatic carbocycles. The molecule has 0 aromatic heterocycles. The van der Waals surface area contributed by atoms with Crippen molar-refractivity contribution in [2.24, 2.45) is 0 Å². The van der Waals surface area contributed by atoms with Gasteiger partial charge in [-0.3, -0.25) is 9.36 Å². The van der Waals surface area contributed by atoms with Crippen LogP contribution in [0.4, 0.5) is 0 Å². The molecule has 0 heterocycles. The van der Waals surface area contributed by atoms with Crippen molar-refractivity contribution in [1.29, 1.82) is 0 Å². The van der Waals surface area contributed by atoms with Gasteiger partial charge < -0.3 is 28.8 Å². The average Bonchev–Trinajstić information content (AvgIpc) is 3.33. The maximum Gasteiger partial charge on any atom is 0.268 e. The van der Waals surface area contributed by atoms with Crippen molar-refractivity contribution in [3.63, 3.8) is 0 Å². The van der Waals surface area contributed by atoms with E-state index in [1.165, 1.54) is 167 Å². The summed E-state index contributed by atoms with van der Waals surface area (Å²) in [5, 5.41) is 13.9. The van der Waals surface area contributed by atoms with Crippen LogP contribution in [0.2, 0.25) is 0 Å². The van der Waals surface area contributed by atoms with Crippen LogP contribution < -0.4 is 10.2 Å². The van der Waals surface area contributed by atoms with E-state index in [0.717, 1.165) is 77.0 Å². The number of quaternary nitrogens is 1. The Hall–Kier alpha value is -2.06. The molecule has 0 rings (SSSR count). The Labute approximate surface area is 440 Å². The summed E-state index contributed by atoms with van der Waals surface area (Å²) in [5.41, 5.74) is 0. The van der Waals surface area contributed by atoms with E-state index < -0.39 is 26.6 Å². The van der Waals surface area contributed by atoms with Gasteiger partial charge >= 0.3 is 0 Å². The molecule has 8 nitrogen and oxygen atoms in total. The van der Waals surface area contributed by atoms with Crippen molar-refractivity contribution < 1.29 is 32.9 Å². The van der Waals surface area contributed by atoms with Crippen LogP contribution in [0.1, 0.15) is 264 Å². The third kappa shape index (κ3) is 55.5. The van der Waals surface area contributed by atoms with E-state index in [1.54, 1.807) is 6.08 Å². The van der Waals surface area contributed by atoms with Crippen molar-refractivity contribution in [1.82, 2.24) is 5.32 Å². The molecule has 2 N–H and O–H groups in total. The molecular weight excluding hydrogens is 900 g/mol. The number of rotatable bonds is 54. The summed E-state index contributed by atoms with van der Waals surface area (Å²) < 4.78 is 23.3. The molecule has 0 aromatic carbocycles. The molecule has 71 heavy (non-hydrogen) atoms. The molecule has 1 amide bonds. The van der Waals surface area contributed by atoms with Crippen LogP contribution in [0.5, 0.6) is 0 Å². The zero-order valence-corrected chi connectivity index (χ0v) is 48.1. The summed E-state index contributed by atoms with van der Waals surface area (Å²) in [6, 6.07) is -0.913. The molecular formula is C62H115N2O6P. The molecule has 0 aliphatic heterocycles. The van der Waals surface area contributed by atoms with Gasteiger partial charge in [-0.2, -0.15) is 0 Å². The maximum atomic E-state index is 13.0. The fourth-order valence-corrected chi connectivity index (χ4v) is 9.24. The van der Waals surface area contributed by atoms with Crippen molar-refractivity contribution in [2.75, 3.05) is 40.9 Å². The van der Waals surface area contributed by atoms with E-state index in [1.807, 2.05) is 27.2 Å². The fourth-order valence-electron chi connectivity index (χ4n) is 8.51. The standard InChI is InChI=1S/C62H115N2O6P/c1-6-8-10-12-14-16-18-20-22-24-26-28-29-30-31-32-33-34-36-37-39-41-43-45-47-49-51-53-55-61(65)60(59-70-71(67,68)69-58-57-64(3,4)5)63-62(66)56-54-52-50-48-46-44-42-40-38-35-27-25-23-21-19-17-15-13-11-9-7-2/h9,11,15,17,21,23,27,35,45,47,53,55,60-61,65H,6-8,10,12-14,16,18-20,22,24-26,28-34,36-44,46,48-52,54,56-59H2,1-5H3,(H-,63,66,67,68)/b11-9-,17-15-,23-21-,35-27-,47-45+,55-53+. The van der Waals surface area contributed by atoms with Gasteiger partial charge in [-0.25, -0.2) is 0 Å². The zero-order valence-electron chi connectivity index (χ0n) is 47.2. The van der Waals surface area contributed by atoms with E-state index in [-0.39, 0.29) is 12.5 Å². The molecule has 0 spiro atoms. The van der Waals surface area contributed by atoms with Gasteiger partial charge in [-0.05, 0) is 70.6 Å². The highest BCUT2D eigenvalue weighted by Crippen LogP contribution is 2.38. The van der Waals surface area contributed by atoms with Crippen LogP contribution >= 0.6 is 7.82 Å². The third-order valence-electron chi connectivity index (χ3n) is 13.2. The highest BCUT2D eigenvalue weighted by Gasteiger charge is 2.23. The Morgan fingerprint density at radius 2 is 0.873 bits per heavy atom. The first-order valence-electron chi connectivity index (χ1n) is 29.8. The number of hydrogen-bond acceptors (Lipinski definition) is 6. The fraction of sp³-hybridized carbons (Fsp3) is 0.790. The van der Waals surface area contributed by atoms with E-state index in [9.17, 15) is 19.4 Å². The highest BCUT2D eigenvalue weighted by molar-refractivity contribution is 7.45. The molecule has 3 atom stereocenters. The lowest BCUT2D eigenvalue weighted by Gasteiger charge is -2.29. The van der Waals surface area contributed by atoms with Crippen molar-refractivity contribution >= 4 is 13.7 Å². The Kier molecular flexibility index (Phi) is 51.3. The summed E-state index contributed by atoms with van der Waals surface area (Å²) in [4.78, 5) is 25.5. The molecule has 0 aliphatic rings. The lowest BCUT2D eigenvalue weighted by molar-refractivity contribution is -0.870. The van der Waals surface area contributed by atoms with Crippen molar-refractivity contribution in [2.45, 2.75) is 276 Å². The van der Waals surface area contributed by atoms with Crippen LogP contribution in [-0.4, -0.2) is 68.5 Å². The number of allylic oxidation sites excluding steroid dienone is 11. The first-order chi connectivity index (χ1) is 34.5. The highest BCUT2D eigenvalue weighted by atomic mass is 31.2. The Balaban J connectivity index is 4.24. The van der Waals surface area contributed by atoms with Crippen LogP contribution in [-0.2, 0) is 18.4 Å². The number of phosphoric ester groups is 1. The first-order valence-corrected chi connectivity index (χ1v) is 31.3. The predicted octanol–water partition coefficient (Wildman–Crippen LogP) is 17.6. The van der Waals surface area contributed by atoms with Crippen LogP contribution in [0.3, 0.4) is 0 Å². The topological polar surface area (TPSA) is 108 Å². The van der Waals surface area contributed by atoms with Gasteiger partial charge in [0.15, 0.2) is 0 Å². The van der Waals surface area contributed by atoms with Crippen molar-refractivity contribution in [3.8, 4) is 0 Å². The van der Waals surface area contributed by atoms with Gasteiger partial charge in [0, 0.05) is 6.42 Å². The molecule has 0 radical (unpaired) electrons. The number of nitrogens with one attached hydrogen (secondary N) is 1. The van der Waals surface area contributed by atoms with Gasteiger partial charge in [0.1, 0.15) is 13.2 Å². The van der Waals surface area contributed by atoms with Gasteiger partial charge in [0.2, 0.25) is 5.91 Å². The minimum atomic E-state index is -4.61. The monoisotopic (exact) mass is 1010 g/mol. The number of carbonyl (C=O) groups is 1. The molecule has 3 unspecified atom stereocenters. The maximum absolute atomic E-state index is 13.0. The smallest absolute Gasteiger partial charge is 0.268 e. The van der Waals surface area contributed by atoms with Crippen LogP contribution in [0.15, 0.2) is 72.9 Å². The minimum absolute atomic E-state index is 0.0110. The number of phosphoric acid groups is 1. The predicted molar refractivity (Wildman–Crippen MR) is 307 cm³/mol. The number of likely N-dealkylation sites (N-methyl/N-ethyl adjacent to an activating group) is 1. The van der Waals surface area contributed by atoms with E-state index in [4.69, 9.17) is 9.05 Å². The lowest BCUT2D eigenvalue weighted by atomic mass is 10.0. The molecule has 414 valence electrons. The summed E-state index contributed by atoms with van der Waals surface area (Å²) in [7, 11) is 1.23. The molecule has 0 saturated carbocycles. The summed E-state index contributed by atoms with van der Waals surface area (Å²) in [6.45, 7) is 4.53. The number of hydrogen-bond donors (Lipinski definition) is 2. The van der Waals surface area contributed by atoms with E-state index >= 15 is 0 Å². The Morgan fingerprint density at radius 3 is 1.31 bits per heavy atom. The normalized spacial score (nSPS) is 14.4. The van der Waals surface area contributed by atoms with Gasteiger partial charge in [-0.15, -0.1) is 0 Å². The SMILES string of the molecule is CC/C=C\C/C=C\C/C=C\C/C=C\CCCCCCCCCCC(=O)NC(COP(=O)([O-])OCC[N+](C)(C)C)C(O)/C=C/CC/C=C/CCCCCCCCCCCCCCCCCCCCCCCC. The molecule has 0 bridgehead atoms. The molecule has 0 aromatic rings. The summed E-state index contributed by atoms with van der Waals surface area (Å²) in [6.07, 6.45) is 72.8. The lowest BCUT2D eigenvalue weighted by Crippen LogP contribution is -2.45. The summed E-state index contributed by atoms with van der Waals surface area (Å²) in [5.74, 6) is -0.216. The van der Waals surface area contributed by atoms with Crippen LogP contribution in [0.25, 0.3) is 0 Å². The quantitative estimate of drug-likeness (QED) is 0.0272. The summed E-state index contributed by atoms with van der Waals surface area (Å²) >= 11 is 0. The molecule has 0 fully saturated rings. The first kappa shape index (κ1) is 68.9. The number of nitrogens with zero attached hydrogens (tertiary/aromatic N) is 1. The second kappa shape index (κ2) is 52.8. The number of carbonyl (C=O) groups excluding carboxylic acids is 1. The van der Waals surface area contributed by atoms with Gasteiger partial charge in [-0.1, -0.05) is 260 Å². The minimum Gasteiger partial charge on any atom is -0.756 e. The second-order valence-electron chi connectivity index (χ2n) is 21.3. The number of amides is 1. The largest absolute Gasteiger partial charge is 0.756 e. The third-order valence-corrected chi connectivity index (χ3v) is 14.1. The van der Waals surface area contributed by atoms with E-state index in [0.29, 0.717) is 17.4 Å². The van der Waals surface area contributed by atoms with Crippen LogP contribution in [0, 0.1) is 0 Å². The Bertz CT molecular complexity index is 1380. The van der Waals surface area contributed by atoms with Crippen molar-refractivity contribution in [3.05, 3.63) is 72.9 Å². The number of unbranched alkanes of at least 4 members (excludes halogenated alkanes) is 31.